The molecule has 676 valence electrons. The van der Waals surface area contributed by atoms with Crippen LogP contribution >= 0.6 is 0 Å². The van der Waals surface area contributed by atoms with E-state index in [1.807, 2.05) is 48.5 Å². The van der Waals surface area contributed by atoms with E-state index >= 15 is 0 Å². The highest BCUT2D eigenvalue weighted by atomic mass is 16.6. The smallest absolute Gasteiger partial charge is 0.0933 e. The number of morpholine rings is 1. The lowest BCUT2D eigenvalue weighted by Crippen LogP contribution is -2.40. The van der Waals surface area contributed by atoms with E-state index < -0.39 is 0 Å². The summed E-state index contributed by atoms with van der Waals surface area (Å²) in [6, 6.07) is 6.34. The van der Waals surface area contributed by atoms with Crippen molar-refractivity contribution in [2.45, 2.75) is 490 Å². The molecule has 0 aromatic rings. The van der Waals surface area contributed by atoms with Crippen molar-refractivity contribution < 1.29 is 33.5 Å². The average Bonchev–Trinajstić information content (AvgIpc) is 1.42. The Morgan fingerprint density at radius 1 is 0.396 bits per heavy atom. The van der Waals surface area contributed by atoms with Crippen molar-refractivity contribution in [2.24, 2.45) is 11.8 Å². The van der Waals surface area contributed by atoms with Gasteiger partial charge in [0.2, 0.25) is 0 Å². The Kier molecular flexibility index (Phi) is 98.3. The lowest BCUT2D eigenvalue weighted by Gasteiger charge is -2.34. The van der Waals surface area contributed by atoms with E-state index in [1.165, 1.54) is 257 Å². The number of nitrogens with zero attached hydrogens (tertiary/aromatic N) is 3. The minimum absolute atomic E-state index is 0.256. The Balaban J connectivity index is -0.000000366. The third kappa shape index (κ3) is 93.1. The fourth-order valence-corrected chi connectivity index (χ4v) is 14.4. The van der Waals surface area contributed by atoms with Crippen molar-refractivity contribution in [3.8, 4) is 0 Å². The quantitative estimate of drug-likeness (QED) is 0.0729. The molecule has 111 heavy (non-hydrogen) atoms. The number of ether oxygens (including phenoxy) is 6. The molecular formula is C96H210N8O7. The van der Waals surface area contributed by atoms with E-state index in [0.717, 1.165) is 116 Å². The summed E-state index contributed by atoms with van der Waals surface area (Å²) < 4.78 is 31.5. The fraction of sp³-hybridized carbons (Fsp3) is 1.00. The van der Waals surface area contributed by atoms with Gasteiger partial charge in [-0.1, -0.05) is 239 Å². The maximum Gasteiger partial charge on any atom is 0.0933 e. The summed E-state index contributed by atoms with van der Waals surface area (Å²) in [5.74, 6) is 1.43. The summed E-state index contributed by atoms with van der Waals surface area (Å²) in [6.07, 6.45) is 50.7. The van der Waals surface area contributed by atoms with E-state index in [-0.39, 0.29) is 6.10 Å². The molecule has 6 heterocycles. The van der Waals surface area contributed by atoms with Gasteiger partial charge in [-0.3, -0.25) is 0 Å². The Morgan fingerprint density at radius 3 is 1.05 bits per heavy atom. The van der Waals surface area contributed by atoms with Crippen molar-refractivity contribution in [3.05, 3.63) is 0 Å². The van der Waals surface area contributed by atoms with E-state index in [1.54, 1.807) is 0 Å². The molecule has 0 aromatic heterocycles. The zero-order valence-corrected chi connectivity index (χ0v) is 80.6. The SMILES string of the molecule is C1CCCCC1.C1CCOCC1.C1COCCN1.CC.CC.CC(C)N1CCCC(CO)C1.CC(C)N1CCCCC1.CC(C)N1CCCCCC1.CC(C)NC1CCCCC1.CC(C)NC1CCCCC1.CC(C)NCC1COCCO1.CC(C)OC1CCCCC1.CCCC(C)C.CCNC(C)C.CCOC(C)C. The third-order valence-electron chi connectivity index (χ3n) is 20.4. The Labute approximate surface area is 698 Å². The van der Waals surface area contributed by atoms with Crippen LogP contribution in [0.2, 0.25) is 0 Å². The normalized spacial score (nSPS) is 20.8. The summed E-state index contributed by atoms with van der Waals surface area (Å²) in [7, 11) is 0. The number of aliphatic hydroxyl groups is 1. The van der Waals surface area contributed by atoms with E-state index in [0.29, 0.717) is 61.0 Å². The van der Waals surface area contributed by atoms with Crippen molar-refractivity contribution in [3.63, 3.8) is 0 Å². The number of hydrogen-bond acceptors (Lipinski definition) is 15. The summed E-state index contributed by atoms with van der Waals surface area (Å²) in [5.41, 5.74) is 0. The van der Waals surface area contributed by atoms with Crippen LogP contribution in [0, 0.1) is 11.8 Å². The maximum atomic E-state index is 8.96. The molecule has 0 amide bonds. The number of aliphatic hydroxyl groups excluding tert-OH is 1. The standard InChI is InChI=1S/C9H19NO.3C9H19N.C9H18O.C8H17NO2.C8H17N.C6H12.C6H14.C5H13N.C5H10O.C5H12O.C4H9NO.2C2H6/c1-8(2)10-5-3-4-9(6-10)7-11;1-9(2)10-7-5-3-4-6-8-10;3*1-8(2)10-9-6-4-3-5-7-9;1-7(2)9-5-8-6-10-3-4-11-8;1-8(2)9-6-4-3-5-7-9;1-2-4-6-5-3-1;1-4-5-6(2)3;1-4-6-5(2)3;1-2-4-6-5-3-1;1-4-6-5(2)3;1-3-6-4-2-5-1;2*1-2/h8-9,11H,3-7H2,1-2H3;9H,3-8H2,1-2H3;2*8-10H,3-7H2,1-2H3;8-9H,3-7H2,1-2H3;7-9H,3-6H2,1-2H3;8H,3-7H2,1-2H3;1-6H2;6H,4-5H2,1-3H3;5-6H,4H2,1-3H3;1-5H2;5H,4H2,1-3H3;5H,1-4H2;2*1-2H3. The van der Waals surface area contributed by atoms with Crippen LogP contribution in [0.4, 0.5) is 0 Å². The molecule has 0 bridgehead atoms. The van der Waals surface area contributed by atoms with Crippen LogP contribution < -0.4 is 26.6 Å². The van der Waals surface area contributed by atoms with E-state index in [2.05, 4.69) is 180 Å². The highest BCUT2D eigenvalue weighted by Gasteiger charge is 2.21. The molecule has 4 saturated carbocycles. The van der Waals surface area contributed by atoms with Gasteiger partial charge in [0.1, 0.15) is 0 Å². The minimum atomic E-state index is 0.256. The number of likely N-dealkylation sites (tertiary alicyclic amines) is 3. The predicted octanol–water partition coefficient (Wildman–Crippen LogP) is 23.1. The van der Waals surface area contributed by atoms with Gasteiger partial charge in [-0.25, -0.2) is 0 Å². The molecule has 10 aliphatic rings. The molecule has 0 aromatic carbocycles. The minimum Gasteiger partial charge on any atom is -0.396 e. The maximum absolute atomic E-state index is 8.96. The van der Waals surface area contributed by atoms with E-state index in [9.17, 15) is 0 Å². The molecule has 0 radical (unpaired) electrons. The van der Waals surface area contributed by atoms with E-state index in [4.69, 9.17) is 33.5 Å². The van der Waals surface area contributed by atoms with Gasteiger partial charge in [0, 0.05) is 107 Å². The van der Waals surface area contributed by atoms with Crippen molar-refractivity contribution in [1.82, 2.24) is 41.3 Å². The average molecular weight is 1590 g/mol. The molecule has 2 unspecified atom stereocenters. The molecule has 10 rings (SSSR count). The second kappa shape index (κ2) is 91.7. The molecular weight excluding hydrogens is 1380 g/mol. The second-order valence-corrected chi connectivity index (χ2v) is 35.0. The van der Waals surface area contributed by atoms with Crippen molar-refractivity contribution in [1.29, 1.82) is 0 Å². The first-order chi connectivity index (χ1) is 53.3. The lowest BCUT2D eigenvalue weighted by atomic mass is 9.95. The molecule has 0 spiro atoms. The van der Waals surface area contributed by atoms with Gasteiger partial charge in [0.15, 0.2) is 0 Å². The summed E-state index contributed by atoms with van der Waals surface area (Å²) in [4.78, 5) is 7.60. The summed E-state index contributed by atoms with van der Waals surface area (Å²) in [6.45, 7) is 77.1. The van der Waals surface area contributed by atoms with Crippen LogP contribution in [0.25, 0.3) is 0 Å². The van der Waals surface area contributed by atoms with Gasteiger partial charge in [0.25, 0.3) is 0 Å². The van der Waals surface area contributed by atoms with Gasteiger partial charge < -0.3 is 74.8 Å². The predicted molar refractivity (Wildman–Crippen MR) is 493 cm³/mol. The number of hydrogen-bond donors (Lipinski definition) is 6. The molecule has 10 fully saturated rings. The number of piperidine rings is 2. The molecule has 2 atom stereocenters. The first-order valence-electron chi connectivity index (χ1n) is 48.5. The van der Waals surface area contributed by atoms with Gasteiger partial charge >= 0.3 is 0 Å². The zero-order valence-electron chi connectivity index (χ0n) is 80.6. The molecule has 4 aliphatic carbocycles. The third-order valence-corrected chi connectivity index (χ3v) is 20.4. The zero-order chi connectivity index (χ0) is 84.4. The Morgan fingerprint density at radius 2 is 0.784 bits per heavy atom. The molecule has 6 aliphatic heterocycles. The van der Waals surface area contributed by atoms with Crippen molar-refractivity contribution in [2.75, 3.05) is 125 Å². The fourth-order valence-electron chi connectivity index (χ4n) is 14.4. The Hall–Kier alpha value is -0.600. The van der Waals surface area contributed by atoms with Crippen LogP contribution in [0.1, 0.15) is 412 Å². The van der Waals surface area contributed by atoms with Crippen LogP contribution in [0.3, 0.4) is 0 Å². The summed E-state index contributed by atoms with van der Waals surface area (Å²) >= 11 is 0. The molecule has 15 nitrogen and oxygen atoms in total. The monoisotopic (exact) mass is 1590 g/mol. The molecule has 6 saturated heterocycles. The van der Waals surface area contributed by atoms with Gasteiger partial charge in [-0.15, -0.1) is 0 Å². The van der Waals surface area contributed by atoms with Gasteiger partial charge in [-0.2, -0.15) is 0 Å². The summed E-state index contributed by atoms with van der Waals surface area (Å²) in [5, 5.41) is 25.8. The second-order valence-electron chi connectivity index (χ2n) is 35.0. The van der Waals surface area contributed by atoms with Crippen LogP contribution in [0.5, 0.6) is 0 Å². The van der Waals surface area contributed by atoms with Crippen LogP contribution in [-0.4, -0.2) is 224 Å². The molecule has 15 heteroatoms. The first kappa shape index (κ1) is 119. The lowest BCUT2D eigenvalue weighted by molar-refractivity contribution is -0.0868. The van der Waals surface area contributed by atoms with Gasteiger partial charge in [0.05, 0.1) is 57.5 Å². The van der Waals surface area contributed by atoms with Crippen LogP contribution in [-0.2, 0) is 28.4 Å². The number of rotatable bonds is 19. The highest BCUT2D eigenvalue weighted by Crippen LogP contribution is 2.23. The molecule has 6 N–H and O–H groups in total. The Bertz CT molecular complexity index is 1510. The number of nitrogens with one attached hydrogen (secondary N) is 5. The van der Waals surface area contributed by atoms with Crippen molar-refractivity contribution >= 4 is 0 Å². The van der Waals surface area contributed by atoms with Crippen LogP contribution in [0.15, 0.2) is 0 Å². The highest BCUT2D eigenvalue weighted by molar-refractivity contribution is 4.77. The largest absolute Gasteiger partial charge is 0.396 e. The van der Waals surface area contributed by atoms with Gasteiger partial charge in [-0.05, 0) is 224 Å². The first-order valence-corrected chi connectivity index (χ1v) is 48.5. The topological polar surface area (TPSA) is 145 Å².